The molecular formula is C19H23NO5S. The van der Waals surface area contributed by atoms with Gasteiger partial charge in [0.25, 0.3) is 0 Å². The molecule has 140 valence electrons. The maximum absolute atomic E-state index is 10.1. The van der Waals surface area contributed by atoms with Crippen LogP contribution in [0, 0.1) is 13.8 Å². The van der Waals surface area contributed by atoms with Crippen LogP contribution < -0.4 is 9.47 Å². The van der Waals surface area contributed by atoms with E-state index in [4.69, 9.17) is 9.47 Å². The average Bonchev–Trinajstić information content (AvgIpc) is 2.62. The zero-order valence-corrected chi connectivity index (χ0v) is 15.7. The third kappa shape index (κ3) is 3.81. The number of thioether (sulfide) groups is 1. The first-order valence-corrected chi connectivity index (χ1v) is 9.38. The van der Waals surface area contributed by atoms with E-state index in [0.29, 0.717) is 11.5 Å². The van der Waals surface area contributed by atoms with Gasteiger partial charge in [-0.3, -0.25) is 4.98 Å². The molecule has 0 aliphatic carbocycles. The monoisotopic (exact) mass is 377 g/mol. The number of ether oxygens (including phenoxy) is 2. The van der Waals surface area contributed by atoms with Crippen molar-refractivity contribution in [2.45, 2.75) is 37.6 Å². The molecule has 3 N–H and O–H groups in total. The fourth-order valence-electron chi connectivity index (χ4n) is 3.10. The van der Waals surface area contributed by atoms with E-state index in [9.17, 15) is 15.3 Å². The molecule has 1 saturated heterocycles. The van der Waals surface area contributed by atoms with Crippen LogP contribution in [0.1, 0.15) is 11.1 Å². The summed E-state index contributed by atoms with van der Waals surface area (Å²) in [4.78, 5) is 4.23. The first kappa shape index (κ1) is 19.0. The maximum atomic E-state index is 10.1. The molecular weight excluding hydrogens is 354 g/mol. The molecule has 1 aliphatic heterocycles. The molecule has 26 heavy (non-hydrogen) atoms. The van der Waals surface area contributed by atoms with Crippen LogP contribution >= 0.6 is 11.8 Å². The van der Waals surface area contributed by atoms with Crippen molar-refractivity contribution >= 4 is 11.8 Å². The van der Waals surface area contributed by atoms with Gasteiger partial charge in [0, 0.05) is 17.5 Å². The molecule has 0 radical (unpaired) electrons. The van der Waals surface area contributed by atoms with E-state index in [0.717, 1.165) is 28.0 Å². The number of nitrogens with zero attached hydrogens (tertiary/aromatic N) is 1. The molecule has 0 amide bonds. The van der Waals surface area contributed by atoms with Crippen LogP contribution in [0.15, 0.2) is 30.6 Å². The standard InChI is InChI=1S/C19H23NO5S/c1-10-4-12(5-11(2)18(10)24-3)13-6-14(8-20-7-13)25-19-17(23)16(22)15(21)9-26-19/h4-8,15-17,19,21-23H,9H2,1-3H3/t15-,16+,17-,19-/m1/s1. The molecule has 4 atom stereocenters. The second kappa shape index (κ2) is 7.84. The summed E-state index contributed by atoms with van der Waals surface area (Å²) in [5.74, 6) is 1.66. The Balaban J connectivity index is 1.83. The van der Waals surface area contributed by atoms with Gasteiger partial charge < -0.3 is 24.8 Å². The summed E-state index contributed by atoms with van der Waals surface area (Å²) in [7, 11) is 1.66. The fraction of sp³-hybridized carbons (Fsp3) is 0.421. The summed E-state index contributed by atoms with van der Waals surface area (Å²) in [6.07, 6.45) is -0.0275. The van der Waals surface area contributed by atoms with E-state index in [2.05, 4.69) is 4.98 Å². The Kier molecular flexibility index (Phi) is 5.72. The van der Waals surface area contributed by atoms with Gasteiger partial charge in [-0.15, -0.1) is 11.8 Å². The molecule has 0 bridgehead atoms. The number of methoxy groups -OCH3 is 1. The lowest BCUT2D eigenvalue weighted by Gasteiger charge is -2.34. The molecule has 0 saturated carbocycles. The third-order valence-electron chi connectivity index (χ3n) is 4.42. The van der Waals surface area contributed by atoms with E-state index >= 15 is 0 Å². The lowest BCUT2D eigenvalue weighted by molar-refractivity contribution is -0.0786. The van der Waals surface area contributed by atoms with Gasteiger partial charge in [0.2, 0.25) is 0 Å². The highest BCUT2D eigenvalue weighted by atomic mass is 32.2. The van der Waals surface area contributed by atoms with E-state index < -0.39 is 23.7 Å². The van der Waals surface area contributed by atoms with Crippen LogP contribution in [0.5, 0.6) is 11.5 Å². The Labute approximate surface area is 156 Å². The molecule has 2 heterocycles. The van der Waals surface area contributed by atoms with Crippen molar-refractivity contribution in [3.05, 3.63) is 41.7 Å². The Hall–Kier alpha value is -1.80. The van der Waals surface area contributed by atoms with Gasteiger partial charge in [-0.05, 0) is 48.7 Å². The smallest absolute Gasteiger partial charge is 0.173 e. The molecule has 6 nitrogen and oxygen atoms in total. The molecule has 7 heteroatoms. The number of hydrogen-bond acceptors (Lipinski definition) is 7. The van der Waals surface area contributed by atoms with Crippen LogP contribution in [-0.2, 0) is 0 Å². The summed E-state index contributed by atoms with van der Waals surface area (Å²) < 4.78 is 11.2. The minimum atomic E-state index is -1.22. The largest absolute Gasteiger partial charge is 0.496 e. The topological polar surface area (TPSA) is 92.0 Å². The summed E-state index contributed by atoms with van der Waals surface area (Å²) in [6.45, 7) is 3.98. The van der Waals surface area contributed by atoms with Crippen molar-refractivity contribution in [2.75, 3.05) is 12.9 Å². The van der Waals surface area contributed by atoms with Crippen molar-refractivity contribution in [1.29, 1.82) is 0 Å². The van der Waals surface area contributed by atoms with Crippen molar-refractivity contribution in [3.8, 4) is 22.6 Å². The first-order valence-electron chi connectivity index (χ1n) is 8.34. The Morgan fingerprint density at radius 3 is 2.35 bits per heavy atom. The molecule has 0 spiro atoms. The van der Waals surface area contributed by atoms with E-state index in [1.807, 2.05) is 32.0 Å². The molecule has 2 aromatic rings. The number of pyridine rings is 1. The van der Waals surface area contributed by atoms with Crippen LogP contribution in [0.25, 0.3) is 11.1 Å². The van der Waals surface area contributed by atoms with Crippen molar-refractivity contribution in [1.82, 2.24) is 4.98 Å². The molecule has 1 aromatic carbocycles. The van der Waals surface area contributed by atoms with Gasteiger partial charge in [0.1, 0.15) is 23.7 Å². The van der Waals surface area contributed by atoms with Gasteiger partial charge in [-0.25, -0.2) is 0 Å². The van der Waals surface area contributed by atoms with Crippen LogP contribution in [-0.4, -0.2) is 56.9 Å². The SMILES string of the molecule is COc1c(C)cc(-c2cncc(O[C@@H]3SC[C@@H](O)[C@H](O)[C@H]3O)c2)cc1C. The number of aryl methyl sites for hydroxylation is 2. The zero-order chi connectivity index (χ0) is 18.8. The fourth-order valence-corrected chi connectivity index (χ4v) is 4.22. The number of aliphatic hydroxyl groups is 3. The predicted molar refractivity (Wildman–Crippen MR) is 101 cm³/mol. The summed E-state index contributed by atoms with van der Waals surface area (Å²) in [6, 6.07) is 5.90. The maximum Gasteiger partial charge on any atom is 0.173 e. The minimum Gasteiger partial charge on any atom is -0.496 e. The number of rotatable bonds is 4. The van der Waals surface area contributed by atoms with E-state index in [1.165, 1.54) is 11.8 Å². The lowest BCUT2D eigenvalue weighted by Crippen LogP contribution is -2.50. The molecule has 3 rings (SSSR count). The number of benzene rings is 1. The summed E-state index contributed by atoms with van der Waals surface area (Å²) in [5.41, 5.74) is 3.27. The highest BCUT2D eigenvalue weighted by molar-refractivity contribution is 7.99. The number of aromatic nitrogens is 1. The van der Waals surface area contributed by atoms with Gasteiger partial charge >= 0.3 is 0 Å². The minimum absolute atomic E-state index is 0.298. The Morgan fingerprint density at radius 1 is 1.00 bits per heavy atom. The predicted octanol–water partition coefficient (Wildman–Crippen LogP) is 1.91. The second-order valence-electron chi connectivity index (χ2n) is 6.42. The second-order valence-corrected chi connectivity index (χ2v) is 7.55. The zero-order valence-electron chi connectivity index (χ0n) is 14.9. The Bertz CT molecular complexity index is 761. The van der Waals surface area contributed by atoms with E-state index in [1.54, 1.807) is 19.5 Å². The summed E-state index contributed by atoms with van der Waals surface area (Å²) >= 11 is 1.26. The number of hydrogen-bond donors (Lipinski definition) is 3. The van der Waals surface area contributed by atoms with Crippen molar-refractivity contribution < 1.29 is 24.8 Å². The molecule has 1 aliphatic rings. The van der Waals surface area contributed by atoms with Crippen LogP contribution in [0.4, 0.5) is 0 Å². The molecule has 0 unspecified atom stereocenters. The van der Waals surface area contributed by atoms with Crippen LogP contribution in [0.2, 0.25) is 0 Å². The van der Waals surface area contributed by atoms with Gasteiger partial charge in [-0.2, -0.15) is 0 Å². The third-order valence-corrected chi connectivity index (χ3v) is 5.66. The average molecular weight is 377 g/mol. The Morgan fingerprint density at radius 2 is 1.69 bits per heavy atom. The quantitative estimate of drug-likeness (QED) is 0.749. The highest BCUT2D eigenvalue weighted by Crippen LogP contribution is 2.33. The van der Waals surface area contributed by atoms with E-state index in [-0.39, 0.29) is 0 Å². The van der Waals surface area contributed by atoms with Gasteiger partial charge in [0.05, 0.1) is 19.4 Å². The lowest BCUT2D eigenvalue weighted by atomic mass is 10.0. The number of aliphatic hydroxyl groups excluding tert-OH is 3. The van der Waals surface area contributed by atoms with Crippen molar-refractivity contribution in [2.24, 2.45) is 0 Å². The van der Waals surface area contributed by atoms with Gasteiger partial charge in [-0.1, -0.05) is 0 Å². The highest BCUT2D eigenvalue weighted by Gasteiger charge is 2.38. The van der Waals surface area contributed by atoms with Crippen molar-refractivity contribution in [3.63, 3.8) is 0 Å². The first-order chi connectivity index (χ1) is 12.4. The van der Waals surface area contributed by atoms with Gasteiger partial charge in [0.15, 0.2) is 5.44 Å². The van der Waals surface area contributed by atoms with Crippen LogP contribution in [0.3, 0.4) is 0 Å². The molecule has 1 aromatic heterocycles. The summed E-state index contributed by atoms with van der Waals surface area (Å²) in [5, 5.41) is 29.5. The molecule has 1 fully saturated rings. The normalized spacial score (nSPS) is 25.8.